The molecule has 4 aromatic rings. The van der Waals surface area contributed by atoms with Crippen molar-refractivity contribution in [2.45, 2.75) is 4.90 Å². The highest BCUT2D eigenvalue weighted by molar-refractivity contribution is 7.89. The molecule has 0 spiro atoms. The molecular formula is C22H17N3O3S2. The van der Waals surface area contributed by atoms with E-state index < -0.39 is 10.0 Å². The Hall–Kier alpha value is -3.07. The summed E-state index contributed by atoms with van der Waals surface area (Å²) < 4.78 is 25.5. The summed E-state index contributed by atoms with van der Waals surface area (Å²) in [6.45, 7) is 0. The molecule has 0 bridgehead atoms. The standard InChI is InChI=1S/C22H17N3O3S2/c1-25(2)30(27,28)15-11-9-14(10-12-15)21(26)24-22-23-19-16-7-3-5-13-6-4-8-17(18(13)16)20(19)29-22/h3-12H,1-2H3,(H,23,24,26). The fraction of sp³-hybridized carbons (Fsp3) is 0.0909. The second kappa shape index (κ2) is 6.73. The number of nitrogens with one attached hydrogen (secondary N) is 1. The third-order valence-corrected chi connectivity index (χ3v) is 7.98. The van der Waals surface area contributed by atoms with Crippen LogP contribution in [0.25, 0.3) is 32.5 Å². The van der Waals surface area contributed by atoms with Crippen LogP contribution in [0.3, 0.4) is 0 Å². The van der Waals surface area contributed by atoms with Gasteiger partial charge in [-0.2, -0.15) is 0 Å². The average molecular weight is 436 g/mol. The number of hydrogen-bond acceptors (Lipinski definition) is 5. The fourth-order valence-corrected chi connectivity index (χ4v) is 5.53. The quantitative estimate of drug-likeness (QED) is 0.452. The van der Waals surface area contributed by atoms with Crippen molar-refractivity contribution in [3.05, 3.63) is 66.2 Å². The summed E-state index contributed by atoms with van der Waals surface area (Å²) in [5.74, 6) is -0.331. The number of aromatic nitrogens is 1. The van der Waals surface area contributed by atoms with Crippen molar-refractivity contribution < 1.29 is 13.2 Å². The number of anilines is 1. The van der Waals surface area contributed by atoms with E-state index in [0.717, 1.165) is 26.0 Å². The van der Waals surface area contributed by atoms with E-state index in [4.69, 9.17) is 0 Å². The minimum atomic E-state index is -3.53. The van der Waals surface area contributed by atoms with Gasteiger partial charge in [0.25, 0.3) is 5.91 Å². The zero-order valence-corrected chi connectivity index (χ0v) is 17.8. The Balaban J connectivity index is 1.42. The summed E-state index contributed by atoms with van der Waals surface area (Å²) in [5.41, 5.74) is 3.46. The van der Waals surface area contributed by atoms with Gasteiger partial charge < -0.3 is 0 Å². The third kappa shape index (κ3) is 2.84. The molecule has 0 atom stereocenters. The van der Waals surface area contributed by atoms with Crippen LogP contribution >= 0.6 is 11.3 Å². The van der Waals surface area contributed by atoms with Gasteiger partial charge in [0.05, 0.1) is 15.5 Å². The minimum Gasteiger partial charge on any atom is -0.298 e. The maximum Gasteiger partial charge on any atom is 0.257 e. The number of nitrogens with zero attached hydrogens (tertiary/aromatic N) is 2. The molecule has 0 aliphatic heterocycles. The van der Waals surface area contributed by atoms with Gasteiger partial charge in [0.1, 0.15) is 0 Å². The van der Waals surface area contributed by atoms with Gasteiger partial charge in [0, 0.05) is 30.8 Å². The number of carbonyl (C=O) groups excluding carboxylic acids is 1. The first-order chi connectivity index (χ1) is 14.4. The number of benzene rings is 3. The van der Waals surface area contributed by atoms with Crippen molar-refractivity contribution >= 4 is 43.2 Å². The molecule has 1 aromatic heterocycles. The Morgan fingerprint density at radius 3 is 2.30 bits per heavy atom. The summed E-state index contributed by atoms with van der Waals surface area (Å²) in [6.07, 6.45) is 0. The predicted octanol–water partition coefficient (Wildman–Crippen LogP) is 4.45. The molecule has 0 saturated heterocycles. The molecule has 1 aliphatic carbocycles. The highest BCUT2D eigenvalue weighted by Gasteiger charge is 2.26. The first kappa shape index (κ1) is 18.9. The lowest BCUT2D eigenvalue weighted by molar-refractivity contribution is 0.102. The highest BCUT2D eigenvalue weighted by atomic mass is 32.2. The summed E-state index contributed by atoms with van der Waals surface area (Å²) in [5, 5.41) is 5.73. The smallest absolute Gasteiger partial charge is 0.257 e. The molecule has 1 aliphatic rings. The summed E-state index contributed by atoms with van der Waals surface area (Å²) in [6, 6.07) is 18.2. The van der Waals surface area contributed by atoms with E-state index in [9.17, 15) is 13.2 Å². The summed E-state index contributed by atoms with van der Waals surface area (Å²) in [4.78, 5) is 18.5. The van der Waals surface area contributed by atoms with E-state index >= 15 is 0 Å². The van der Waals surface area contributed by atoms with E-state index in [2.05, 4.69) is 28.5 Å². The molecule has 0 unspecified atom stereocenters. The van der Waals surface area contributed by atoms with Crippen molar-refractivity contribution in [1.29, 1.82) is 0 Å². The first-order valence-corrected chi connectivity index (χ1v) is 11.5. The Kier molecular flexibility index (Phi) is 4.25. The van der Waals surface area contributed by atoms with E-state index in [-0.39, 0.29) is 10.8 Å². The molecule has 0 radical (unpaired) electrons. The van der Waals surface area contributed by atoms with Crippen LogP contribution in [0.5, 0.6) is 0 Å². The predicted molar refractivity (Wildman–Crippen MR) is 119 cm³/mol. The lowest BCUT2D eigenvalue weighted by Gasteiger charge is -2.11. The minimum absolute atomic E-state index is 0.141. The van der Waals surface area contributed by atoms with Gasteiger partial charge in [-0.05, 0) is 35.0 Å². The zero-order chi connectivity index (χ0) is 21.0. The van der Waals surface area contributed by atoms with Gasteiger partial charge in [-0.25, -0.2) is 17.7 Å². The summed E-state index contributed by atoms with van der Waals surface area (Å²) in [7, 11) is -0.595. The van der Waals surface area contributed by atoms with Crippen molar-refractivity contribution in [2.24, 2.45) is 0 Å². The highest BCUT2D eigenvalue weighted by Crippen LogP contribution is 2.50. The first-order valence-electron chi connectivity index (χ1n) is 9.23. The lowest BCUT2D eigenvalue weighted by Crippen LogP contribution is -2.22. The number of amides is 1. The monoisotopic (exact) mass is 435 g/mol. The van der Waals surface area contributed by atoms with Crippen LogP contribution in [0.4, 0.5) is 5.13 Å². The number of carbonyl (C=O) groups is 1. The zero-order valence-electron chi connectivity index (χ0n) is 16.2. The van der Waals surface area contributed by atoms with E-state index in [1.54, 1.807) is 0 Å². The largest absolute Gasteiger partial charge is 0.298 e. The second-order valence-electron chi connectivity index (χ2n) is 7.17. The van der Waals surface area contributed by atoms with Crippen LogP contribution in [0.1, 0.15) is 10.4 Å². The van der Waals surface area contributed by atoms with Crippen LogP contribution in [-0.4, -0.2) is 37.7 Å². The Labute approximate surface area is 177 Å². The molecule has 3 aromatic carbocycles. The van der Waals surface area contributed by atoms with Crippen molar-refractivity contribution in [3.8, 4) is 21.7 Å². The van der Waals surface area contributed by atoms with Gasteiger partial charge in [0.2, 0.25) is 10.0 Å². The Bertz CT molecular complexity index is 1370. The normalized spacial score (nSPS) is 12.4. The summed E-state index contributed by atoms with van der Waals surface area (Å²) >= 11 is 1.44. The van der Waals surface area contributed by atoms with E-state index in [0.29, 0.717) is 10.7 Å². The van der Waals surface area contributed by atoms with Gasteiger partial charge in [-0.15, -0.1) is 0 Å². The van der Waals surface area contributed by atoms with E-state index in [1.165, 1.54) is 60.5 Å². The van der Waals surface area contributed by atoms with Crippen LogP contribution in [0.2, 0.25) is 0 Å². The topological polar surface area (TPSA) is 79.4 Å². The third-order valence-electron chi connectivity index (χ3n) is 5.15. The van der Waals surface area contributed by atoms with Gasteiger partial charge in [-0.3, -0.25) is 10.1 Å². The molecule has 150 valence electrons. The van der Waals surface area contributed by atoms with Crippen LogP contribution in [0, 0.1) is 0 Å². The molecule has 5 rings (SSSR count). The molecule has 1 heterocycles. The van der Waals surface area contributed by atoms with Crippen LogP contribution in [0.15, 0.2) is 65.6 Å². The molecular weight excluding hydrogens is 418 g/mol. The number of fused-ring (bicyclic) bond motifs is 3. The average Bonchev–Trinajstić information content (AvgIpc) is 3.27. The Morgan fingerprint density at radius 1 is 0.967 bits per heavy atom. The lowest BCUT2D eigenvalue weighted by atomic mass is 10.0. The maximum absolute atomic E-state index is 12.7. The van der Waals surface area contributed by atoms with Crippen molar-refractivity contribution in [3.63, 3.8) is 0 Å². The molecule has 8 heteroatoms. The molecule has 0 saturated carbocycles. The molecule has 30 heavy (non-hydrogen) atoms. The maximum atomic E-state index is 12.7. The van der Waals surface area contributed by atoms with Crippen molar-refractivity contribution in [1.82, 2.24) is 9.29 Å². The van der Waals surface area contributed by atoms with Crippen molar-refractivity contribution in [2.75, 3.05) is 19.4 Å². The molecule has 0 fully saturated rings. The number of hydrogen-bond donors (Lipinski definition) is 1. The van der Waals surface area contributed by atoms with Gasteiger partial charge in [0.15, 0.2) is 5.13 Å². The van der Waals surface area contributed by atoms with Gasteiger partial charge >= 0.3 is 0 Å². The molecule has 1 N–H and O–H groups in total. The second-order valence-corrected chi connectivity index (χ2v) is 10.3. The van der Waals surface area contributed by atoms with Gasteiger partial charge in [-0.1, -0.05) is 47.7 Å². The number of thiazole rings is 1. The van der Waals surface area contributed by atoms with E-state index in [1.807, 2.05) is 18.2 Å². The van der Waals surface area contributed by atoms with Crippen LogP contribution in [-0.2, 0) is 10.0 Å². The number of rotatable bonds is 4. The fourth-order valence-electron chi connectivity index (χ4n) is 3.62. The van der Waals surface area contributed by atoms with Crippen LogP contribution < -0.4 is 5.32 Å². The molecule has 6 nitrogen and oxygen atoms in total. The molecule has 1 amide bonds. The Morgan fingerprint density at radius 2 is 1.63 bits per heavy atom. The SMILES string of the molecule is CN(C)S(=O)(=O)c1ccc(C(=O)Nc2nc3c(s2)-c2cccc4cccc-3c24)cc1. The number of sulfonamides is 1.